The molecule has 0 spiro atoms. The zero-order valence-corrected chi connectivity index (χ0v) is 11.4. The lowest BCUT2D eigenvalue weighted by Gasteiger charge is -2.19. The molecule has 0 saturated heterocycles. The topological polar surface area (TPSA) is 79.8 Å². The summed E-state index contributed by atoms with van der Waals surface area (Å²) < 4.78 is 5.22. The van der Waals surface area contributed by atoms with Crippen molar-refractivity contribution in [3.8, 4) is 0 Å². The molecular weight excluding hydrogens is 260 g/mol. The molecule has 1 aromatic heterocycles. The summed E-state index contributed by atoms with van der Waals surface area (Å²) in [6.07, 6.45) is 1.60. The van der Waals surface area contributed by atoms with E-state index >= 15 is 0 Å². The van der Waals surface area contributed by atoms with Crippen LogP contribution in [0.4, 0.5) is 11.4 Å². The normalized spacial score (nSPS) is 10.6. The van der Waals surface area contributed by atoms with Gasteiger partial charge in [0.15, 0.2) is 0 Å². The van der Waals surface area contributed by atoms with Gasteiger partial charge >= 0.3 is 0 Å². The van der Waals surface area contributed by atoms with E-state index in [-0.39, 0.29) is 12.3 Å². The number of benzene rings is 1. The van der Waals surface area contributed by atoms with Crippen LogP contribution < -0.4 is 4.90 Å². The summed E-state index contributed by atoms with van der Waals surface area (Å²) in [6.45, 7) is 2.15. The fourth-order valence-electron chi connectivity index (χ4n) is 2.05. The summed E-state index contributed by atoms with van der Waals surface area (Å²) in [5.74, 6) is 0.798. The van der Waals surface area contributed by atoms with Crippen molar-refractivity contribution in [3.63, 3.8) is 0 Å². The highest BCUT2D eigenvalue weighted by Crippen LogP contribution is 2.30. The molecule has 0 fully saturated rings. The lowest BCUT2D eigenvalue weighted by Crippen LogP contribution is -2.18. The van der Waals surface area contributed by atoms with Gasteiger partial charge in [-0.1, -0.05) is 6.07 Å². The zero-order valence-electron chi connectivity index (χ0n) is 11.4. The van der Waals surface area contributed by atoms with Crippen molar-refractivity contribution < 1.29 is 14.4 Å². The summed E-state index contributed by atoms with van der Waals surface area (Å²) in [5.41, 5.74) is 1.99. The molecule has 0 radical (unpaired) electrons. The van der Waals surface area contributed by atoms with E-state index in [1.807, 2.05) is 13.0 Å². The number of aliphatic hydroxyl groups is 1. The molecule has 0 aliphatic heterocycles. The molecule has 0 amide bonds. The highest BCUT2D eigenvalue weighted by atomic mass is 16.6. The van der Waals surface area contributed by atoms with Gasteiger partial charge in [-0.05, 0) is 24.6 Å². The van der Waals surface area contributed by atoms with Crippen LogP contribution >= 0.6 is 0 Å². The third-order valence-electron chi connectivity index (χ3n) is 3.20. The number of hydrogen-bond donors (Lipinski definition) is 1. The van der Waals surface area contributed by atoms with E-state index in [1.54, 1.807) is 30.3 Å². The smallest absolute Gasteiger partial charge is 0.292 e. The number of anilines is 1. The van der Waals surface area contributed by atoms with E-state index in [0.717, 1.165) is 11.3 Å². The van der Waals surface area contributed by atoms with Gasteiger partial charge in [-0.25, -0.2) is 0 Å². The Morgan fingerprint density at radius 1 is 1.40 bits per heavy atom. The Labute approximate surface area is 116 Å². The van der Waals surface area contributed by atoms with Gasteiger partial charge in [0.25, 0.3) is 5.69 Å². The van der Waals surface area contributed by atoms with Gasteiger partial charge in [0.1, 0.15) is 11.4 Å². The molecule has 106 valence electrons. The predicted octanol–water partition coefficient (Wildman–Crippen LogP) is 2.62. The Morgan fingerprint density at radius 3 is 2.70 bits per heavy atom. The standard InChI is InChI=1S/C14H16N2O4/c1-10-12(5-6-20-10)8-15(2)13-4-3-11(9-17)7-14(13)16(18)19/h3-7,17H,8-9H2,1-2H3. The second-order valence-electron chi connectivity index (χ2n) is 4.60. The maximum Gasteiger partial charge on any atom is 0.292 e. The molecule has 0 aliphatic rings. The second-order valence-corrected chi connectivity index (χ2v) is 4.60. The number of nitrogens with zero attached hydrogens (tertiary/aromatic N) is 2. The molecule has 0 atom stereocenters. The first kappa shape index (κ1) is 14.1. The third-order valence-corrected chi connectivity index (χ3v) is 3.20. The number of nitro benzene ring substituents is 1. The summed E-state index contributed by atoms with van der Waals surface area (Å²) in [6, 6.07) is 6.58. The van der Waals surface area contributed by atoms with Crippen LogP contribution in [-0.4, -0.2) is 17.1 Å². The highest BCUT2D eigenvalue weighted by Gasteiger charge is 2.18. The monoisotopic (exact) mass is 276 g/mol. The van der Waals surface area contributed by atoms with E-state index in [9.17, 15) is 10.1 Å². The van der Waals surface area contributed by atoms with Crippen molar-refractivity contribution in [2.75, 3.05) is 11.9 Å². The molecular formula is C14H16N2O4. The highest BCUT2D eigenvalue weighted by molar-refractivity contribution is 5.64. The van der Waals surface area contributed by atoms with Crippen LogP contribution in [0.5, 0.6) is 0 Å². The van der Waals surface area contributed by atoms with Crippen LogP contribution in [-0.2, 0) is 13.2 Å². The number of aliphatic hydroxyl groups excluding tert-OH is 1. The SMILES string of the molecule is Cc1occc1CN(C)c1ccc(CO)cc1[N+](=O)[O-]. The molecule has 0 saturated carbocycles. The van der Waals surface area contributed by atoms with Crippen molar-refractivity contribution >= 4 is 11.4 Å². The van der Waals surface area contributed by atoms with Crippen molar-refractivity contribution in [2.24, 2.45) is 0 Å². The van der Waals surface area contributed by atoms with Crippen LogP contribution in [0.25, 0.3) is 0 Å². The molecule has 1 N–H and O–H groups in total. The minimum absolute atomic E-state index is 0.0137. The Balaban J connectivity index is 2.31. The van der Waals surface area contributed by atoms with E-state index in [1.165, 1.54) is 6.07 Å². The van der Waals surface area contributed by atoms with Crippen LogP contribution in [0.15, 0.2) is 34.9 Å². The Hall–Kier alpha value is -2.34. The number of aryl methyl sites for hydroxylation is 1. The molecule has 1 aromatic carbocycles. The van der Waals surface area contributed by atoms with Crippen LogP contribution in [0.2, 0.25) is 0 Å². The molecule has 2 aromatic rings. The minimum atomic E-state index is -0.437. The summed E-state index contributed by atoms with van der Waals surface area (Å²) in [5, 5.41) is 20.2. The Kier molecular flexibility index (Phi) is 4.05. The van der Waals surface area contributed by atoms with Crippen molar-refractivity contribution in [1.29, 1.82) is 0 Å². The lowest BCUT2D eigenvalue weighted by atomic mass is 10.1. The van der Waals surface area contributed by atoms with Crippen molar-refractivity contribution in [1.82, 2.24) is 0 Å². The van der Waals surface area contributed by atoms with Gasteiger partial charge in [0.2, 0.25) is 0 Å². The molecule has 1 heterocycles. The molecule has 0 unspecified atom stereocenters. The van der Waals surface area contributed by atoms with Gasteiger partial charge in [0, 0.05) is 25.2 Å². The fourth-order valence-corrected chi connectivity index (χ4v) is 2.05. The van der Waals surface area contributed by atoms with Crippen LogP contribution in [0, 0.1) is 17.0 Å². The minimum Gasteiger partial charge on any atom is -0.469 e. The van der Waals surface area contributed by atoms with Gasteiger partial charge in [-0.2, -0.15) is 0 Å². The lowest BCUT2D eigenvalue weighted by molar-refractivity contribution is -0.384. The number of furan rings is 1. The van der Waals surface area contributed by atoms with Crippen LogP contribution in [0.3, 0.4) is 0 Å². The van der Waals surface area contributed by atoms with Gasteiger partial charge < -0.3 is 14.4 Å². The molecule has 0 aliphatic carbocycles. The average molecular weight is 276 g/mol. The number of hydrogen-bond acceptors (Lipinski definition) is 5. The summed E-state index contributed by atoms with van der Waals surface area (Å²) in [7, 11) is 1.79. The summed E-state index contributed by atoms with van der Waals surface area (Å²) in [4.78, 5) is 12.5. The van der Waals surface area contributed by atoms with Crippen LogP contribution in [0.1, 0.15) is 16.9 Å². The quantitative estimate of drug-likeness (QED) is 0.670. The molecule has 6 heteroatoms. The molecule has 20 heavy (non-hydrogen) atoms. The van der Waals surface area contributed by atoms with E-state index < -0.39 is 4.92 Å². The Morgan fingerprint density at radius 2 is 2.15 bits per heavy atom. The van der Waals surface area contributed by atoms with E-state index in [0.29, 0.717) is 17.8 Å². The van der Waals surface area contributed by atoms with Gasteiger partial charge in [-0.15, -0.1) is 0 Å². The first-order valence-electron chi connectivity index (χ1n) is 6.15. The maximum absolute atomic E-state index is 11.1. The molecule has 2 rings (SSSR count). The third kappa shape index (κ3) is 2.80. The predicted molar refractivity (Wildman–Crippen MR) is 74.6 cm³/mol. The Bertz CT molecular complexity index is 621. The number of rotatable bonds is 5. The van der Waals surface area contributed by atoms with Gasteiger partial charge in [-0.3, -0.25) is 10.1 Å². The molecule has 6 nitrogen and oxygen atoms in total. The first-order chi connectivity index (χ1) is 9.52. The largest absolute Gasteiger partial charge is 0.469 e. The van der Waals surface area contributed by atoms with Crippen molar-refractivity contribution in [3.05, 3.63) is 57.5 Å². The van der Waals surface area contributed by atoms with E-state index in [2.05, 4.69) is 0 Å². The fraction of sp³-hybridized carbons (Fsp3) is 0.286. The second kappa shape index (κ2) is 5.75. The van der Waals surface area contributed by atoms with Crippen molar-refractivity contribution in [2.45, 2.75) is 20.1 Å². The average Bonchev–Trinajstić information content (AvgIpc) is 2.83. The number of nitro groups is 1. The molecule has 0 bridgehead atoms. The zero-order chi connectivity index (χ0) is 14.7. The van der Waals surface area contributed by atoms with Gasteiger partial charge in [0.05, 0.1) is 17.8 Å². The first-order valence-corrected chi connectivity index (χ1v) is 6.15. The van der Waals surface area contributed by atoms with E-state index in [4.69, 9.17) is 9.52 Å². The maximum atomic E-state index is 11.1. The summed E-state index contributed by atoms with van der Waals surface area (Å²) >= 11 is 0.